The van der Waals surface area contributed by atoms with Crippen LogP contribution in [-0.4, -0.2) is 33.9 Å². The minimum Gasteiger partial charge on any atom is -0.396 e. The van der Waals surface area contributed by atoms with Crippen molar-refractivity contribution < 1.29 is 14.3 Å². The Labute approximate surface area is 135 Å². The first-order chi connectivity index (χ1) is 11.2. The number of nitrogens with zero attached hydrogens (tertiary/aromatic N) is 2. The van der Waals surface area contributed by atoms with Crippen molar-refractivity contribution in [3.63, 3.8) is 0 Å². The largest absolute Gasteiger partial charge is 0.396 e. The molecule has 1 atom stereocenters. The standard InChI is InChI=1S/C17H22FN3O2/c1-2-5-13(8-9-22)10-19-17(23)14-11-20-21(12-14)16-7-4-3-6-15(16)18/h3-4,6-7,11-13,22H,2,5,8-10H2,1H3,(H,19,23). The number of aliphatic hydroxyl groups is 1. The lowest BCUT2D eigenvalue weighted by molar-refractivity contribution is 0.0943. The molecule has 0 aliphatic carbocycles. The van der Waals surface area contributed by atoms with E-state index in [1.54, 1.807) is 18.2 Å². The maximum atomic E-state index is 13.7. The second kappa shape index (κ2) is 8.43. The molecule has 0 aliphatic heterocycles. The van der Waals surface area contributed by atoms with Crippen LogP contribution in [0.3, 0.4) is 0 Å². The number of para-hydroxylation sites is 1. The van der Waals surface area contributed by atoms with Gasteiger partial charge in [-0.15, -0.1) is 0 Å². The van der Waals surface area contributed by atoms with E-state index in [4.69, 9.17) is 5.11 Å². The number of nitrogens with one attached hydrogen (secondary N) is 1. The molecule has 2 aromatic rings. The topological polar surface area (TPSA) is 67.2 Å². The number of benzene rings is 1. The van der Waals surface area contributed by atoms with Crippen LogP contribution >= 0.6 is 0 Å². The number of aromatic nitrogens is 2. The number of carbonyl (C=O) groups is 1. The van der Waals surface area contributed by atoms with Crippen LogP contribution in [0.4, 0.5) is 4.39 Å². The van der Waals surface area contributed by atoms with Crippen molar-refractivity contribution in [2.24, 2.45) is 5.92 Å². The molecule has 0 aliphatic rings. The second-order valence-electron chi connectivity index (χ2n) is 5.50. The van der Waals surface area contributed by atoms with E-state index in [0.29, 0.717) is 24.2 Å². The highest BCUT2D eigenvalue weighted by Crippen LogP contribution is 2.13. The van der Waals surface area contributed by atoms with Gasteiger partial charge in [0.05, 0.1) is 11.8 Å². The normalized spacial score (nSPS) is 12.1. The molecule has 0 spiro atoms. The van der Waals surface area contributed by atoms with Crippen LogP contribution in [-0.2, 0) is 0 Å². The summed E-state index contributed by atoms with van der Waals surface area (Å²) in [6.45, 7) is 2.70. The number of halogens is 1. The maximum Gasteiger partial charge on any atom is 0.254 e. The highest BCUT2D eigenvalue weighted by atomic mass is 19.1. The van der Waals surface area contributed by atoms with Gasteiger partial charge in [0.25, 0.3) is 5.91 Å². The zero-order chi connectivity index (χ0) is 16.7. The smallest absolute Gasteiger partial charge is 0.254 e. The van der Waals surface area contributed by atoms with E-state index in [-0.39, 0.29) is 18.4 Å². The first-order valence-corrected chi connectivity index (χ1v) is 7.84. The van der Waals surface area contributed by atoms with Crippen LogP contribution < -0.4 is 5.32 Å². The Kier molecular flexibility index (Phi) is 6.29. The van der Waals surface area contributed by atoms with Crippen LogP contribution in [0.15, 0.2) is 36.7 Å². The van der Waals surface area contributed by atoms with Crippen LogP contribution in [0.25, 0.3) is 5.69 Å². The van der Waals surface area contributed by atoms with Gasteiger partial charge in [0.2, 0.25) is 0 Å². The summed E-state index contributed by atoms with van der Waals surface area (Å²) >= 11 is 0. The van der Waals surface area contributed by atoms with Gasteiger partial charge in [-0.3, -0.25) is 4.79 Å². The van der Waals surface area contributed by atoms with Crippen molar-refractivity contribution in [2.45, 2.75) is 26.2 Å². The Hall–Kier alpha value is -2.21. The van der Waals surface area contributed by atoms with Crippen molar-refractivity contribution in [1.82, 2.24) is 15.1 Å². The molecule has 1 aromatic carbocycles. The number of rotatable bonds is 8. The van der Waals surface area contributed by atoms with Crippen molar-refractivity contribution >= 4 is 5.91 Å². The fraction of sp³-hybridized carbons (Fsp3) is 0.412. The molecule has 23 heavy (non-hydrogen) atoms. The summed E-state index contributed by atoms with van der Waals surface area (Å²) in [7, 11) is 0. The summed E-state index contributed by atoms with van der Waals surface area (Å²) in [5.74, 6) is -0.379. The average molecular weight is 319 g/mol. The van der Waals surface area contributed by atoms with Gasteiger partial charge >= 0.3 is 0 Å². The number of aliphatic hydroxyl groups excluding tert-OH is 1. The molecule has 1 amide bonds. The quantitative estimate of drug-likeness (QED) is 0.786. The van der Waals surface area contributed by atoms with E-state index >= 15 is 0 Å². The van der Waals surface area contributed by atoms with Gasteiger partial charge in [-0.25, -0.2) is 9.07 Å². The zero-order valence-corrected chi connectivity index (χ0v) is 13.2. The molecule has 0 bridgehead atoms. The van der Waals surface area contributed by atoms with Gasteiger partial charge in [0, 0.05) is 19.3 Å². The van der Waals surface area contributed by atoms with Crippen molar-refractivity contribution in [3.05, 3.63) is 48.0 Å². The second-order valence-corrected chi connectivity index (χ2v) is 5.50. The lowest BCUT2D eigenvalue weighted by atomic mass is 10.0. The predicted molar refractivity (Wildman–Crippen MR) is 86.0 cm³/mol. The van der Waals surface area contributed by atoms with Crippen molar-refractivity contribution in [3.8, 4) is 5.69 Å². The fourth-order valence-corrected chi connectivity index (χ4v) is 2.49. The summed E-state index contributed by atoms with van der Waals surface area (Å²) in [5.41, 5.74) is 0.684. The lowest BCUT2D eigenvalue weighted by Gasteiger charge is -2.15. The van der Waals surface area contributed by atoms with Crippen LogP contribution in [0.5, 0.6) is 0 Å². The molecule has 0 fully saturated rings. The number of carbonyl (C=O) groups excluding carboxylic acids is 1. The predicted octanol–water partition coefficient (Wildman–Crippen LogP) is 2.54. The zero-order valence-electron chi connectivity index (χ0n) is 13.2. The van der Waals surface area contributed by atoms with E-state index in [0.717, 1.165) is 12.8 Å². The van der Waals surface area contributed by atoms with E-state index in [2.05, 4.69) is 17.3 Å². The van der Waals surface area contributed by atoms with Gasteiger partial charge in [-0.05, 0) is 30.9 Å². The molecule has 2 N–H and O–H groups in total. The Morgan fingerprint density at radius 3 is 2.87 bits per heavy atom. The first-order valence-electron chi connectivity index (χ1n) is 7.84. The third kappa shape index (κ3) is 4.63. The van der Waals surface area contributed by atoms with E-state index in [1.807, 2.05) is 0 Å². The van der Waals surface area contributed by atoms with E-state index in [1.165, 1.54) is 23.1 Å². The van der Waals surface area contributed by atoms with Gasteiger partial charge in [0.15, 0.2) is 0 Å². The lowest BCUT2D eigenvalue weighted by Crippen LogP contribution is -2.29. The molecule has 6 heteroatoms. The molecule has 0 saturated carbocycles. The molecule has 0 radical (unpaired) electrons. The Morgan fingerprint density at radius 2 is 2.17 bits per heavy atom. The Morgan fingerprint density at radius 1 is 1.39 bits per heavy atom. The SMILES string of the molecule is CCCC(CCO)CNC(=O)c1cnn(-c2ccccc2F)c1. The van der Waals surface area contributed by atoms with Gasteiger partial charge in [-0.2, -0.15) is 5.10 Å². The third-order valence-electron chi connectivity index (χ3n) is 3.73. The molecule has 124 valence electrons. The summed E-state index contributed by atoms with van der Waals surface area (Å²) in [4.78, 5) is 12.2. The molecular weight excluding hydrogens is 297 g/mol. The van der Waals surface area contributed by atoms with Gasteiger partial charge in [-0.1, -0.05) is 25.5 Å². The van der Waals surface area contributed by atoms with Crippen molar-refractivity contribution in [2.75, 3.05) is 13.2 Å². The van der Waals surface area contributed by atoms with E-state index < -0.39 is 5.82 Å². The summed E-state index contributed by atoms with van der Waals surface area (Å²) in [5, 5.41) is 15.9. The summed E-state index contributed by atoms with van der Waals surface area (Å²) in [6, 6.07) is 6.26. The molecule has 1 aromatic heterocycles. The molecule has 2 rings (SSSR count). The fourth-order valence-electron chi connectivity index (χ4n) is 2.49. The molecular formula is C17H22FN3O2. The first kappa shape index (κ1) is 17.1. The average Bonchev–Trinajstić information content (AvgIpc) is 3.03. The van der Waals surface area contributed by atoms with Gasteiger partial charge < -0.3 is 10.4 Å². The molecule has 1 unspecified atom stereocenters. The number of amides is 1. The monoisotopic (exact) mass is 319 g/mol. The van der Waals surface area contributed by atoms with Crippen LogP contribution in [0, 0.1) is 11.7 Å². The number of hydrogen-bond donors (Lipinski definition) is 2. The highest BCUT2D eigenvalue weighted by Gasteiger charge is 2.13. The molecule has 1 heterocycles. The maximum absolute atomic E-state index is 13.7. The Balaban J connectivity index is 2.00. The minimum atomic E-state index is -0.395. The summed E-state index contributed by atoms with van der Waals surface area (Å²) < 4.78 is 15.1. The Bertz CT molecular complexity index is 636. The van der Waals surface area contributed by atoms with Gasteiger partial charge in [0.1, 0.15) is 11.5 Å². The van der Waals surface area contributed by atoms with E-state index in [9.17, 15) is 9.18 Å². The highest BCUT2D eigenvalue weighted by molar-refractivity contribution is 5.93. The minimum absolute atomic E-state index is 0.117. The summed E-state index contributed by atoms with van der Waals surface area (Å²) in [6.07, 6.45) is 5.56. The third-order valence-corrected chi connectivity index (χ3v) is 3.73. The molecule has 0 saturated heterocycles. The molecule has 5 nitrogen and oxygen atoms in total. The van der Waals surface area contributed by atoms with Crippen molar-refractivity contribution in [1.29, 1.82) is 0 Å². The van der Waals surface area contributed by atoms with Crippen LogP contribution in [0.1, 0.15) is 36.5 Å². The number of hydrogen-bond acceptors (Lipinski definition) is 3. The van der Waals surface area contributed by atoms with Crippen LogP contribution in [0.2, 0.25) is 0 Å².